The van der Waals surface area contributed by atoms with Gasteiger partial charge in [0.05, 0.1) is 10.9 Å². The Morgan fingerprint density at radius 3 is 2.31 bits per heavy atom. The van der Waals surface area contributed by atoms with Gasteiger partial charge in [-0.25, -0.2) is 22.8 Å². The monoisotopic (exact) mass is 550 g/mol. The molecule has 5 rings (SSSR count). The predicted octanol–water partition coefficient (Wildman–Crippen LogP) is 4.67. The molecule has 1 aliphatic rings. The molecule has 10 nitrogen and oxygen atoms in total. The van der Waals surface area contributed by atoms with Gasteiger partial charge in [0.25, 0.3) is 0 Å². The number of imidazole rings is 1. The van der Waals surface area contributed by atoms with Gasteiger partial charge in [0.2, 0.25) is 16.0 Å². The molecular formula is C27H31FN8O2S. The molecule has 1 fully saturated rings. The summed E-state index contributed by atoms with van der Waals surface area (Å²) in [5.74, 6) is 1.47. The lowest BCUT2D eigenvalue weighted by molar-refractivity contribution is 0.129. The highest BCUT2D eigenvalue weighted by Gasteiger charge is 2.32. The number of aromatic amines is 1. The van der Waals surface area contributed by atoms with E-state index in [1.165, 1.54) is 16.4 Å². The first-order valence-electron chi connectivity index (χ1n) is 12.7. The molecule has 204 valence electrons. The second-order valence-electron chi connectivity index (χ2n) is 9.49. The molecule has 0 bridgehead atoms. The maximum atomic E-state index is 13.4. The lowest BCUT2D eigenvalue weighted by Crippen LogP contribution is -2.46. The van der Waals surface area contributed by atoms with Crippen LogP contribution in [0.3, 0.4) is 0 Å². The Labute approximate surface area is 227 Å². The molecule has 3 heterocycles. The van der Waals surface area contributed by atoms with Gasteiger partial charge in [-0.1, -0.05) is 0 Å². The molecule has 0 aliphatic carbocycles. The molecule has 1 unspecified atom stereocenters. The number of anilines is 4. The SMILES string of the molecule is CC(c1ncc[nH]1)N1CCC(N(C)S(=O)(=O)c2ccc(Nc3nccc(Nc4ccc(F)cc4)n3)cc2)CC1. The van der Waals surface area contributed by atoms with E-state index in [0.717, 1.165) is 31.8 Å². The summed E-state index contributed by atoms with van der Waals surface area (Å²) in [7, 11) is -2.00. The van der Waals surface area contributed by atoms with E-state index in [0.29, 0.717) is 23.1 Å². The van der Waals surface area contributed by atoms with Crippen molar-refractivity contribution in [3.05, 3.63) is 84.8 Å². The summed E-state index contributed by atoms with van der Waals surface area (Å²) in [5.41, 5.74) is 1.34. The van der Waals surface area contributed by atoms with Gasteiger partial charge in [-0.05, 0) is 74.4 Å². The predicted molar refractivity (Wildman–Crippen MR) is 148 cm³/mol. The van der Waals surface area contributed by atoms with E-state index in [-0.39, 0.29) is 22.8 Å². The van der Waals surface area contributed by atoms with Crippen molar-refractivity contribution in [2.24, 2.45) is 0 Å². The van der Waals surface area contributed by atoms with Crippen molar-refractivity contribution in [1.29, 1.82) is 0 Å². The number of sulfonamides is 1. The van der Waals surface area contributed by atoms with Crippen LogP contribution in [0.15, 0.2) is 78.1 Å². The van der Waals surface area contributed by atoms with Gasteiger partial charge in [-0.15, -0.1) is 0 Å². The normalized spacial score (nSPS) is 15.8. The Balaban J connectivity index is 1.19. The van der Waals surface area contributed by atoms with E-state index in [4.69, 9.17) is 0 Å². The Hall–Kier alpha value is -3.87. The standard InChI is InChI=1S/C27H31FN8O2S/c1-19(26-29-15-16-30-26)36-17-12-23(13-18-36)35(2)39(37,38)24-9-7-22(8-10-24)33-27-31-14-11-25(34-27)32-21-5-3-20(28)4-6-21/h3-11,14-16,19,23H,12-13,17-18H2,1-2H3,(H,29,30)(H2,31,32,33,34). The average molecular weight is 551 g/mol. The van der Waals surface area contributed by atoms with Gasteiger partial charge >= 0.3 is 0 Å². The van der Waals surface area contributed by atoms with Crippen molar-refractivity contribution >= 4 is 33.2 Å². The third-order valence-corrected chi connectivity index (χ3v) is 8.96. The molecule has 4 aromatic rings. The number of piperidine rings is 1. The number of hydrogen-bond donors (Lipinski definition) is 3. The van der Waals surface area contributed by atoms with Crippen LogP contribution in [0.1, 0.15) is 31.6 Å². The van der Waals surface area contributed by atoms with Crippen molar-refractivity contribution in [2.45, 2.75) is 36.7 Å². The molecule has 39 heavy (non-hydrogen) atoms. The number of benzene rings is 2. The maximum Gasteiger partial charge on any atom is 0.243 e. The Morgan fingerprint density at radius 2 is 1.64 bits per heavy atom. The first kappa shape index (κ1) is 26.7. The highest BCUT2D eigenvalue weighted by molar-refractivity contribution is 7.89. The molecule has 0 amide bonds. The number of aromatic nitrogens is 4. The summed E-state index contributed by atoms with van der Waals surface area (Å²) in [6.07, 6.45) is 6.66. The fourth-order valence-corrected chi connectivity index (χ4v) is 6.10. The fourth-order valence-electron chi connectivity index (χ4n) is 4.69. The van der Waals surface area contributed by atoms with Crippen LogP contribution < -0.4 is 10.6 Å². The summed E-state index contributed by atoms with van der Waals surface area (Å²) in [5, 5.41) is 6.19. The quantitative estimate of drug-likeness (QED) is 0.275. The average Bonchev–Trinajstić information content (AvgIpc) is 3.49. The van der Waals surface area contributed by atoms with Crippen LogP contribution in [0.4, 0.5) is 27.5 Å². The highest BCUT2D eigenvalue weighted by atomic mass is 32.2. The third kappa shape index (κ3) is 6.24. The lowest BCUT2D eigenvalue weighted by Gasteiger charge is -2.38. The van der Waals surface area contributed by atoms with Gasteiger partial charge in [0.15, 0.2) is 0 Å². The molecular weight excluding hydrogens is 519 g/mol. The van der Waals surface area contributed by atoms with Crippen LogP contribution in [-0.4, -0.2) is 63.7 Å². The molecule has 12 heteroatoms. The molecule has 1 atom stereocenters. The van der Waals surface area contributed by atoms with Gasteiger partial charge < -0.3 is 15.6 Å². The second kappa shape index (κ2) is 11.5. The number of nitrogens with zero attached hydrogens (tertiary/aromatic N) is 5. The smallest absolute Gasteiger partial charge is 0.243 e. The van der Waals surface area contributed by atoms with Gasteiger partial charge in [-0.3, -0.25) is 4.90 Å². The van der Waals surface area contributed by atoms with Crippen LogP contribution in [-0.2, 0) is 10.0 Å². The number of H-pyrrole nitrogens is 1. The fraction of sp³-hybridized carbons (Fsp3) is 0.296. The molecule has 0 radical (unpaired) electrons. The van der Waals surface area contributed by atoms with Gasteiger partial charge in [0, 0.05) is 56.1 Å². The molecule has 2 aromatic heterocycles. The minimum absolute atomic E-state index is 0.0717. The lowest BCUT2D eigenvalue weighted by atomic mass is 10.0. The van der Waals surface area contributed by atoms with Crippen LogP contribution in [0.25, 0.3) is 0 Å². The summed E-state index contributed by atoms with van der Waals surface area (Å²) < 4.78 is 41.4. The molecule has 2 aromatic carbocycles. The number of rotatable bonds is 9. The van der Waals surface area contributed by atoms with Crippen molar-refractivity contribution in [1.82, 2.24) is 29.1 Å². The summed E-state index contributed by atoms with van der Waals surface area (Å²) in [6, 6.07) is 14.3. The van der Waals surface area contributed by atoms with Crippen molar-refractivity contribution in [3.63, 3.8) is 0 Å². The van der Waals surface area contributed by atoms with E-state index in [2.05, 4.69) is 42.4 Å². The van der Waals surface area contributed by atoms with Crippen LogP contribution in [0, 0.1) is 5.82 Å². The van der Waals surface area contributed by atoms with Crippen LogP contribution in [0.2, 0.25) is 0 Å². The Bertz CT molecular complexity index is 1470. The molecule has 0 saturated carbocycles. The Morgan fingerprint density at radius 1 is 0.974 bits per heavy atom. The van der Waals surface area contributed by atoms with Crippen molar-refractivity contribution < 1.29 is 12.8 Å². The second-order valence-corrected chi connectivity index (χ2v) is 11.5. The molecule has 3 N–H and O–H groups in total. The zero-order valence-corrected chi connectivity index (χ0v) is 22.6. The first-order valence-corrected chi connectivity index (χ1v) is 14.2. The highest BCUT2D eigenvalue weighted by Crippen LogP contribution is 2.28. The largest absolute Gasteiger partial charge is 0.347 e. The minimum Gasteiger partial charge on any atom is -0.347 e. The maximum absolute atomic E-state index is 13.4. The Kier molecular flexibility index (Phi) is 7.87. The zero-order chi connectivity index (χ0) is 27.4. The summed E-state index contributed by atoms with van der Waals surface area (Å²) in [4.78, 5) is 18.7. The number of nitrogens with one attached hydrogen (secondary N) is 3. The number of likely N-dealkylation sites (tertiary alicyclic amines) is 1. The van der Waals surface area contributed by atoms with E-state index >= 15 is 0 Å². The summed E-state index contributed by atoms with van der Waals surface area (Å²) >= 11 is 0. The van der Waals surface area contributed by atoms with E-state index in [1.807, 2.05) is 6.20 Å². The minimum atomic E-state index is -3.65. The number of hydrogen-bond acceptors (Lipinski definition) is 8. The molecule has 0 spiro atoms. The molecule has 1 saturated heterocycles. The number of halogens is 1. The first-order chi connectivity index (χ1) is 18.8. The van der Waals surface area contributed by atoms with Gasteiger partial charge in [-0.2, -0.15) is 9.29 Å². The molecule has 1 aliphatic heterocycles. The van der Waals surface area contributed by atoms with E-state index in [1.54, 1.807) is 61.9 Å². The van der Waals surface area contributed by atoms with Crippen LogP contribution >= 0.6 is 0 Å². The van der Waals surface area contributed by atoms with Gasteiger partial charge in [0.1, 0.15) is 17.5 Å². The van der Waals surface area contributed by atoms with E-state index < -0.39 is 10.0 Å². The van der Waals surface area contributed by atoms with Crippen LogP contribution in [0.5, 0.6) is 0 Å². The van der Waals surface area contributed by atoms with E-state index in [9.17, 15) is 12.8 Å². The topological polar surface area (TPSA) is 119 Å². The van der Waals surface area contributed by atoms with Crippen molar-refractivity contribution in [3.8, 4) is 0 Å². The third-order valence-electron chi connectivity index (χ3n) is 7.04. The van der Waals surface area contributed by atoms with Crippen molar-refractivity contribution in [2.75, 3.05) is 30.8 Å². The summed E-state index contributed by atoms with van der Waals surface area (Å²) in [6.45, 7) is 3.70. The zero-order valence-electron chi connectivity index (χ0n) is 21.8.